The van der Waals surface area contributed by atoms with Gasteiger partial charge in [-0.2, -0.15) is 0 Å². The summed E-state index contributed by atoms with van der Waals surface area (Å²) in [5, 5.41) is 11.7. The highest BCUT2D eigenvalue weighted by Gasteiger charge is 2.34. The molecule has 0 radical (unpaired) electrons. The summed E-state index contributed by atoms with van der Waals surface area (Å²) in [4.78, 5) is 0. The number of aliphatic hydroxyl groups is 1. The molecule has 1 unspecified atom stereocenters. The second kappa shape index (κ2) is 5.05. The lowest BCUT2D eigenvalue weighted by Crippen LogP contribution is -2.26. The van der Waals surface area contributed by atoms with Gasteiger partial charge < -0.3 is 9.67 Å². The number of rotatable bonds is 1. The number of aryl methyl sites for hydroxylation is 1. The third-order valence-electron chi connectivity index (χ3n) is 4.23. The number of aliphatic hydroxyl groups excluding tert-OH is 1. The number of fused-ring (bicyclic) bond motifs is 1. The molecule has 4 heteroatoms. The first kappa shape index (κ1) is 15.0. The molecule has 21 heavy (non-hydrogen) atoms. The van der Waals surface area contributed by atoms with E-state index >= 15 is 0 Å². The van der Waals surface area contributed by atoms with Crippen molar-refractivity contribution in [2.75, 3.05) is 0 Å². The Labute approximate surface area is 135 Å². The van der Waals surface area contributed by atoms with Crippen molar-refractivity contribution in [3.05, 3.63) is 51.3 Å². The van der Waals surface area contributed by atoms with E-state index in [-0.39, 0.29) is 5.41 Å². The molecule has 2 nitrogen and oxygen atoms in total. The molecule has 0 bridgehead atoms. The molecule has 0 saturated heterocycles. The summed E-state index contributed by atoms with van der Waals surface area (Å²) in [5.74, 6) is 0. The van der Waals surface area contributed by atoms with Gasteiger partial charge in [-0.15, -0.1) is 0 Å². The first-order valence-electron chi connectivity index (χ1n) is 7.14. The van der Waals surface area contributed by atoms with Crippen molar-refractivity contribution in [3.63, 3.8) is 0 Å². The van der Waals surface area contributed by atoms with Crippen LogP contribution in [-0.2, 0) is 6.42 Å². The predicted octanol–water partition coefficient (Wildman–Crippen LogP) is 5.10. The van der Waals surface area contributed by atoms with Gasteiger partial charge in [-0.3, -0.25) is 0 Å². The Kier molecular flexibility index (Phi) is 3.59. The fraction of sp³-hybridized carbons (Fsp3) is 0.412. The lowest BCUT2D eigenvalue weighted by molar-refractivity contribution is 0.0987. The van der Waals surface area contributed by atoms with E-state index in [4.69, 9.17) is 23.2 Å². The van der Waals surface area contributed by atoms with Crippen LogP contribution in [0.15, 0.2) is 24.3 Å². The molecule has 1 aliphatic rings. The van der Waals surface area contributed by atoms with Crippen LogP contribution in [0.25, 0.3) is 5.69 Å². The number of aromatic nitrogens is 1. The SMILES string of the molecule is Cc1cc2c(n1-c1c(Cl)cccc1Cl)CC(C)(C)CC2O. The summed E-state index contributed by atoms with van der Waals surface area (Å²) in [5.41, 5.74) is 4.04. The van der Waals surface area contributed by atoms with E-state index in [0.29, 0.717) is 10.0 Å². The number of para-hydroxylation sites is 1. The van der Waals surface area contributed by atoms with Gasteiger partial charge in [-0.05, 0) is 43.4 Å². The molecular formula is C17H19Cl2NO. The Morgan fingerprint density at radius 1 is 1.24 bits per heavy atom. The molecule has 1 aliphatic carbocycles. The highest BCUT2D eigenvalue weighted by molar-refractivity contribution is 6.37. The second-order valence-electron chi connectivity index (χ2n) is 6.65. The summed E-state index contributed by atoms with van der Waals surface area (Å²) >= 11 is 12.8. The van der Waals surface area contributed by atoms with Crippen LogP contribution in [-0.4, -0.2) is 9.67 Å². The molecule has 3 rings (SSSR count). The zero-order chi connectivity index (χ0) is 15.4. The van der Waals surface area contributed by atoms with Crippen LogP contribution in [0.4, 0.5) is 0 Å². The van der Waals surface area contributed by atoms with E-state index < -0.39 is 6.10 Å². The standard InChI is InChI=1S/C17H19Cl2NO/c1-10-7-11-14(8-17(2,3)9-15(11)21)20(10)16-12(18)5-4-6-13(16)19/h4-7,15,21H,8-9H2,1-3H3. The lowest BCUT2D eigenvalue weighted by Gasteiger charge is -2.34. The third-order valence-corrected chi connectivity index (χ3v) is 4.84. The van der Waals surface area contributed by atoms with Crippen LogP contribution in [0.2, 0.25) is 10.0 Å². The van der Waals surface area contributed by atoms with Crippen molar-refractivity contribution in [1.29, 1.82) is 0 Å². The van der Waals surface area contributed by atoms with Gasteiger partial charge in [0.15, 0.2) is 0 Å². The molecule has 1 atom stereocenters. The molecule has 1 heterocycles. The van der Waals surface area contributed by atoms with Gasteiger partial charge in [0.2, 0.25) is 0 Å². The van der Waals surface area contributed by atoms with Crippen LogP contribution in [0, 0.1) is 12.3 Å². The van der Waals surface area contributed by atoms with Gasteiger partial charge in [0, 0.05) is 17.0 Å². The van der Waals surface area contributed by atoms with Crippen molar-refractivity contribution in [3.8, 4) is 5.69 Å². The molecule has 0 spiro atoms. The van der Waals surface area contributed by atoms with E-state index in [0.717, 1.165) is 35.5 Å². The number of nitrogens with zero attached hydrogens (tertiary/aromatic N) is 1. The van der Waals surface area contributed by atoms with Crippen LogP contribution in [0.3, 0.4) is 0 Å². The lowest BCUT2D eigenvalue weighted by atomic mass is 9.75. The Bertz CT molecular complexity index is 683. The van der Waals surface area contributed by atoms with Gasteiger partial charge in [0.1, 0.15) is 0 Å². The van der Waals surface area contributed by atoms with Crippen molar-refractivity contribution in [2.45, 2.75) is 39.7 Å². The summed E-state index contributed by atoms with van der Waals surface area (Å²) in [7, 11) is 0. The van der Waals surface area contributed by atoms with Crippen molar-refractivity contribution in [2.24, 2.45) is 5.41 Å². The Morgan fingerprint density at radius 3 is 2.48 bits per heavy atom. The molecule has 112 valence electrons. The molecule has 1 N–H and O–H groups in total. The molecule has 0 amide bonds. The highest BCUT2D eigenvalue weighted by atomic mass is 35.5. The van der Waals surface area contributed by atoms with E-state index in [1.807, 2.05) is 25.1 Å². The summed E-state index contributed by atoms with van der Waals surface area (Å²) < 4.78 is 2.10. The van der Waals surface area contributed by atoms with Crippen LogP contribution in [0.1, 0.15) is 43.3 Å². The molecule has 1 aromatic heterocycles. The third kappa shape index (κ3) is 2.50. The minimum Gasteiger partial charge on any atom is -0.388 e. The largest absolute Gasteiger partial charge is 0.388 e. The van der Waals surface area contributed by atoms with Gasteiger partial charge >= 0.3 is 0 Å². The fourth-order valence-electron chi connectivity index (χ4n) is 3.36. The Morgan fingerprint density at radius 2 is 1.86 bits per heavy atom. The first-order chi connectivity index (χ1) is 9.80. The zero-order valence-corrected chi connectivity index (χ0v) is 14.0. The average Bonchev–Trinajstić information content (AvgIpc) is 2.66. The smallest absolute Gasteiger partial charge is 0.0830 e. The number of hydrogen-bond donors (Lipinski definition) is 1. The molecule has 0 fully saturated rings. The van der Waals surface area contributed by atoms with Gasteiger partial charge in [0.05, 0.1) is 21.8 Å². The second-order valence-corrected chi connectivity index (χ2v) is 7.47. The quantitative estimate of drug-likeness (QED) is 0.776. The van der Waals surface area contributed by atoms with E-state index in [2.05, 4.69) is 24.5 Å². The van der Waals surface area contributed by atoms with E-state index in [1.165, 1.54) is 0 Å². The van der Waals surface area contributed by atoms with Crippen molar-refractivity contribution in [1.82, 2.24) is 4.57 Å². The van der Waals surface area contributed by atoms with Gasteiger partial charge in [-0.1, -0.05) is 43.1 Å². The summed E-state index contributed by atoms with van der Waals surface area (Å²) in [6.07, 6.45) is 1.25. The van der Waals surface area contributed by atoms with E-state index in [9.17, 15) is 5.11 Å². The maximum Gasteiger partial charge on any atom is 0.0830 e. The average molecular weight is 324 g/mol. The van der Waals surface area contributed by atoms with Crippen molar-refractivity contribution < 1.29 is 5.11 Å². The molecule has 2 aromatic rings. The predicted molar refractivity (Wildman–Crippen MR) is 87.6 cm³/mol. The van der Waals surface area contributed by atoms with Crippen LogP contribution < -0.4 is 0 Å². The maximum absolute atomic E-state index is 10.4. The van der Waals surface area contributed by atoms with Crippen molar-refractivity contribution >= 4 is 23.2 Å². The number of benzene rings is 1. The summed E-state index contributed by atoms with van der Waals surface area (Å²) in [6.45, 7) is 6.39. The van der Waals surface area contributed by atoms with Crippen LogP contribution in [0.5, 0.6) is 0 Å². The Balaban J connectivity index is 2.26. The van der Waals surface area contributed by atoms with E-state index in [1.54, 1.807) is 0 Å². The first-order valence-corrected chi connectivity index (χ1v) is 7.89. The van der Waals surface area contributed by atoms with Gasteiger partial charge in [0.25, 0.3) is 0 Å². The Hall–Kier alpha value is -0.960. The molecular weight excluding hydrogens is 305 g/mol. The molecule has 1 aromatic carbocycles. The molecule has 0 aliphatic heterocycles. The minimum absolute atomic E-state index is 0.0582. The number of halogens is 2. The van der Waals surface area contributed by atoms with Crippen LogP contribution >= 0.6 is 23.2 Å². The molecule has 0 saturated carbocycles. The minimum atomic E-state index is -0.426. The summed E-state index contributed by atoms with van der Waals surface area (Å²) in [6, 6.07) is 7.59. The highest BCUT2D eigenvalue weighted by Crippen LogP contribution is 2.44. The normalized spacial score (nSPS) is 20.4. The van der Waals surface area contributed by atoms with Gasteiger partial charge in [-0.25, -0.2) is 0 Å². The maximum atomic E-state index is 10.4. The monoisotopic (exact) mass is 323 g/mol. The topological polar surface area (TPSA) is 25.2 Å². The zero-order valence-electron chi connectivity index (χ0n) is 12.5. The fourth-order valence-corrected chi connectivity index (χ4v) is 3.92. The number of hydrogen-bond acceptors (Lipinski definition) is 1.